The zero-order valence-electron chi connectivity index (χ0n) is 57.5. The van der Waals surface area contributed by atoms with Crippen LogP contribution < -0.4 is 31.1 Å². The number of anilines is 4. The van der Waals surface area contributed by atoms with E-state index in [9.17, 15) is 42.3 Å². The van der Waals surface area contributed by atoms with Crippen molar-refractivity contribution in [1.82, 2.24) is 35.3 Å². The predicted molar refractivity (Wildman–Crippen MR) is 386 cm³/mol. The number of amides is 6. The van der Waals surface area contributed by atoms with Gasteiger partial charge in [0.1, 0.15) is 0 Å². The summed E-state index contributed by atoms with van der Waals surface area (Å²) in [6.07, 6.45) is 5.38. The highest BCUT2D eigenvalue weighted by molar-refractivity contribution is 6.10. The average molecular weight is 1370 g/mol. The Hall–Kier alpha value is -10.3. The fourth-order valence-electron chi connectivity index (χ4n) is 13.4. The van der Waals surface area contributed by atoms with Crippen molar-refractivity contribution in [3.8, 4) is 33.6 Å². The second kappa shape index (κ2) is 33.3. The third-order valence-electron chi connectivity index (χ3n) is 18.8. The van der Waals surface area contributed by atoms with E-state index in [0.29, 0.717) is 96.1 Å². The number of aliphatic hydroxyl groups excluding tert-OH is 1. The normalized spacial score (nSPS) is 14.7. The quantitative estimate of drug-likeness (QED) is 0.0360. The van der Waals surface area contributed by atoms with Gasteiger partial charge in [-0.15, -0.1) is 0 Å². The fraction of sp³-hybridized carbons (Fsp3) is 0.342. The Morgan fingerprint density at radius 1 is 0.584 bits per heavy atom. The van der Waals surface area contributed by atoms with E-state index < -0.39 is 35.5 Å². The van der Waals surface area contributed by atoms with Crippen molar-refractivity contribution < 1.29 is 51.8 Å². The number of alkyl halides is 3. The number of rotatable bonds is 25. The number of likely N-dealkylation sites (N-methyl/N-ethyl adjacent to an activating group) is 2. The molecule has 4 heterocycles. The van der Waals surface area contributed by atoms with Crippen molar-refractivity contribution >= 4 is 58.2 Å². The molecule has 6 amide bonds. The number of hydrogen-bond acceptors (Lipinski definition) is 13. The molecule has 1 unspecified atom stereocenters. The van der Waals surface area contributed by atoms with E-state index in [-0.39, 0.29) is 65.2 Å². The molecule has 19 nitrogen and oxygen atoms in total. The Morgan fingerprint density at radius 3 is 1.90 bits per heavy atom. The van der Waals surface area contributed by atoms with Crippen LogP contribution in [0, 0.1) is 0 Å². The number of aromatic nitrogens is 2. The molecule has 2 aliphatic heterocycles. The molecule has 101 heavy (non-hydrogen) atoms. The third-order valence-corrected chi connectivity index (χ3v) is 18.8. The molecule has 11 rings (SSSR count). The van der Waals surface area contributed by atoms with Gasteiger partial charge in [-0.3, -0.25) is 43.6 Å². The van der Waals surface area contributed by atoms with Gasteiger partial charge in [0.25, 0.3) is 35.4 Å². The second-order valence-electron chi connectivity index (χ2n) is 25.9. The molecule has 3 aliphatic rings. The van der Waals surface area contributed by atoms with Gasteiger partial charge in [-0.1, -0.05) is 50.2 Å². The summed E-state index contributed by atoms with van der Waals surface area (Å²) < 4.78 is 46.4. The number of hydrogen-bond donors (Lipinski definition) is 5. The van der Waals surface area contributed by atoms with Gasteiger partial charge in [-0.2, -0.15) is 13.2 Å². The van der Waals surface area contributed by atoms with E-state index in [4.69, 9.17) is 14.7 Å². The maximum absolute atomic E-state index is 15.2. The van der Waals surface area contributed by atoms with Crippen molar-refractivity contribution in [2.45, 2.75) is 84.0 Å². The lowest BCUT2D eigenvalue weighted by atomic mass is 9.82. The molecule has 5 N–H and O–H groups in total. The number of piperidine rings is 1. The SMILES string of the molecule is CCCN(CCC)c1ccc(NC(=O)c2cc(C(=O)N(C)CCN3CCOCC3)cc(-c3cccc4c3CCCC4NC(=O)c3ccnc(-c4cc(N5CCCCC5)ccc4NC(=O)c4cccc(C(=O)N(C)CCO)c4)c3)c2)c(-c2cc(C(=O)NCc3cccc(C(F)(F)F)c3)ccn2)c1. The Bertz CT molecular complexity index is 4320. The van der Waals surface area contributed by atoms with Gasteiger partial charge >= 0.3 is 6.18 Å². The molecule has 22 heteroatoms. The molecule has 2 fully saturated rings. The maximum Gasteiger partial charge on any atom is 0.416 e. The second-order valence-corrected chi connectivity index (χ2v) is 25.9. The van der Waals surface area contributed by atoms with Crippen LogP contribution in [0.25, 0.3) is 33.6 Å². The number of pyridine rings is 2. The van der Waals surface area contributed by atoms with Crippen molar-refractivity contribution in [2.24, 2.45) is 0 Å². The molecule has 1 atom stereocenters. The first kappa shape index (κ1) is 72.0. The van der Waals surface area contributed by atoms with Gasteiger partial charge < -0.3 is 50.7 Å². The molecule has 0 spiro atoms. The number of ether oxygens (including phenoxy) is 1. The highest BCUT2D eigenvalue weighted by Gasteiger charge is 2.31. The molecule has 8 aromatic rings. The number of fused-ring (bicyclic) bond motifs is 1. The van der Waals surface area contributed by atoms with Crippen LogP contribution in [0.2, 0.25) is 0 Å². The molecular formula is C79H86F3N11O8. The molecule has 0 bridgehead atoms. The molecule has 6 aromatic carbocycles. The molecular weight excluding hydrogens is 1290 g/mol. The van der Waals surface area contributed by atoms with Crippen LogP contribution >= 0.6 is 0 Å². The van der Waals surface area contributed by atoms with Crippen LogP contribution in [-0.2, 0) is 23.9 Å². The number of nitrogens with zero attached hydrogens (tertiary/aromatic N) is 7. The largest absolute Gasteiger partial charge is 0.416 e. The van der Waals surface area contributed by atoms with Crippen molar-refractivity contribution in [1.29, 1.82) is 0 Å². The molecule has 1 aliphatic carbocycles. The van der Waals surface area contributed by atoms with Gasteiger partial charge in [0.15, 0.2) is 0 Å². The van der Waals surface area contributed by atoms with E-state index >= 15 is 4.79 Å². The van der Waals surface area contributed by atoms with Crippen molar-refractivity contribution in [2.75, 3.05) is 113 Å². The summed E-state index contributed by atoms with van der Waals surface area (Å²) in [4.78, 5) is 105. The van der Waals surface area contributed by atoms with Crippen LogP contribution in [0.4, 0.5) is 35.9 Å². The summed E-state index contributed by atoms with van der Waals surface area (Å²) in [7, 11) is 3.33. The first-order valence-electron chi connectivity index (χ1n) is 34.7. The van der Waals surface area contributed by atoms with Gasteiger partial charge in [0, 0.05) is 148 Å². The van der Waals surface area contributed by atoms with Crippen molar-refractivity contribution in [3.63, 3.8) is 0 Å². The first-order chi connectivity index (χ1) is 48.8. The standard InChI is InChI=1S/C79H86F3N11O8/c1-5-30-92(31-6-2)61-22-24-70(66(49-61)71-47-54(26-28-83-71)73(95)85-51-52-14-10-17-60(42-52)79(80,81)82)88-76(98)58-44-57(45-59(46-58)78(100)89(3)34-35-91-37-40-101-41-38-91)63-18-12-20-65-64(63)19-13-21-68(65)86-75(97)55-27-29-84-72(48-55)67-50-62(93-32-8-7-9-33-93)23-25-69(67)87-74(96)53-15-11-16-56(43-53)77(99)90(4)36-39-94/h10-12,14-18,20,22-29,42-50,68,94H,5-9,13,19,21,30-41,51H2,1-4H3,(H,85,95)(H,86,97)(H,87,96)(H,88,98). The summed E-state index contributed by atoms with van der Waals surface area (Å²) in [6, 6.07) is 39.7. The lowest BCUT2D eigenvalue weighted by molar-refractivity contribution is -0.137. The predicted octanol–water partition coefficient (Wildman–Crippen LogP) is 12.8. The molecule has 526 valence electrons. The van der Waals surface area contributed by atoms with Gasteiger partial charge in [-0.05, 0) is 188 Å². The number of carbonyl (C=O) groups is 6. The van der Waals surface area contributed by atoms with E-state index in [1.54, 1.807) is 79.8 Å². The summed E-state index contributed by atoms with van der Waals surface area (Å²) in [5.74, 6) is -2.49. The smallest absolute Gasteiger partial charge is 0.395 e. The van der Waals surface area contributed by atoms with E-state index in [2.05, 4.69) is 49.8 Å². The minimum Gasteiger partial charge on any atom is -0.395 e. The fourth-order valence-corrected chi connectivity index (χ4v) is 13.4. The van der Waals surface area contributed by atoms with Gasteiger partial charge in [0.05, 0.1) is 54.2 Å². The summed E-state index contributed by atoms with van der Waals surface area (Å²) in [5, 5.41) is 21.8. The number of morpholine rings is 1. The molecule has 0 radical (unpaired) electrons. The molecule has 0 saturated carbocycles. The Morgan fingerprint density at radius 2 is 1.20 bits per heavy atom. The van der Waals surface area contributed by atoms with Crippen LogP contribution in [0.5, 0.6) is 0 Å². The molecule has 2 saturated heterocycles. The summed E-state index contributed by atoms with van der Waals surface area (Å²) in [5.41, 5.74) is 8.77. The first-order valence-corrected chi connectivity index (χ1v) is 34.7. The Labute approximate surface area is 587 Å². The number of nitrogens with one attached hydrogen (secondary N) is 4. The number of carbonyl (C=O) groups excluding carboxylic acids is 6. The Balaban J connectivity index is 0.894. The topological polar surface area (TPSA) is 222 Å². The van der Waals surface area contributed by atoms with Crippen LogP contribution in [0.15, 0.2) is 158 Å². The van der Waals surface area contributed by atoms with Gasteiger partial charge in [-0.25, -0.2) is 0 Å². The average Bonchev–Trinajstić information content (AvgIpc) is 0.775. The lowest BCUT2D eigenvalue weighted by Crippen LogP contribution is -2.42. The lowest BCUT2D eigenvalue weighted by Gasteiger charge is -2.29. The van der Waals surface area contributed by atoms with E-state index in [1.807, 2.05) is 54.6 Å². The molecule has 2 aromatic heterocycles. The third kappa shape index (κ3) is 17.8. The number of halogens is 3. The zero-order valence-corrected chi connectivity index (χ0v) is 57.5. The number of benzene rings is 6. The van der Waals surface area contributed by atoms with Crippen molar-refractivity contribution in [3.05, 3.63) is 214 Å². The van der Waals surface area contributed by atoms with E-state index in [0.717, 1.165) is 112 Å². The highest BCUT2D eigenvalue weighted by atomic mass is 19.4. The summed E-state index contributed by atoms with van der Waals surface area (Å²) >= 11 is 0. The monoisotopic (exact) mass is 1370 g/mol. The minimum absolute atomic E-state index is 0.134. The summed E-state index contributed by atoms with van der Waals surface area (Å²) in [6.45, 7) is 10.9. The zero-order chi connectivity index (χ0) is 71.2. The minimum atomic E-state index is -4.55. The Kier molecular flexibility index (Phi) is 23.7. The van der Waals surface area contributed by atoms with Crippen LogP contribution in [-0.4, -0.2) is 158 Å². The van der Waals surface area contributed by atoms with E-state index in [1.165, 1.54) is 35.4 Å². The highest BCUT2D eigenvalue weighted by Crippen LogP contribution is 2.40. The van der Waals surface area contributed by atoms with Gasteiger partial charge in [0.2, 0.25) is 0 Å². The maximum atomic E-state index is 15.2. The van der Waals surface area contributed by atoms with Crippen LogP contribution in [0.1, 0.15) is 149 Å². The number of aliphatic hydroxyl groups is 1. The van der Waals surface area contributed by atoms with Crippen LogP contribution in [0.3, 0.4) is 0 Å².